The number of hydrogen-bond donors (Lipinski definition) is 0. The Hall–Kier alpha value is -0.610. The molecule has 1 aliphatic rings. The molecule has 112 valence electrons. The second kappa shape index (κ2) is 8.54. The molecule has 4 heteroatoms. The van der Waals surface area contributed by atoms with E-state index in [-0.39, 0.29) is 18.4 Å². The maximum absolute atomic E-state index is 11.7. The normalized spacial score (nSPS) is 20.3. The number of ether oxygens (including phenoxy) is 3. The summed E-state index contributed by atoms with van der Waals surface area (Å²) in [4.78, 5) is 11.7. The van der Waals surface area contributed by atoms with Crippen LogP contribution in [0.4, 0.5) is 0 Å². The van der Waals surface area contributed by atoms with E-state index in [0.717, 1.165) is 12.8 Å². The molecule has 0 saturated heterocycles. The fraction of sp³-hybridized carbons (Fsp3) is 0.933. The van der Waals surface area contributed by atoms with Crippen molar-refractivity contribution in [1.82, 2.24) is 0 Å². The summed E-state index contributed by atoms with van der Waals surface area (Å²) in [6.45, 7) is 8.01. The molecule has 19 heavy (non-hydrogen) atoms. The molecule has 0 aromatic rings. The second-order valence-corrected chi connectivity index (χ2v) is 5.77. The number of rotatable bonds is 7. The number of carbonyl (C=O) groups excluding carboxylic acids is 1. The monoisotopic (exact) mass is 272 g/mol. The molecule has 0 heterocycles. The average Bonchev–Trinajstić information content (AvgIpc) is 2.36. The molecule has 1 rings (SSSR count). The van der Waals surface area contributed by atoms with Crippen LogP contribution in [-0.4, -0.2) is 31.1 Å². The lowest BCUT2D eigenvalue weighted by atomic mass is 9.98. The summed E-state index contributed by atoms with van der Waals surface area (Å²) in [6, 6.07) is 0. The third kappa shape index (κ3) is 6.92. The van der Waals surface area contributed by atoms with E-state index in [4.69, 9.17) is 14.2 Å². The van der Waals surface area contributed by atoms with Crippen molar-refractivity contribution in [2.45, 2.75) is 78.3 Å². The molecule has 0 aromatic carbocycles. The fourth-order valence-corrected chi connectivity index (χ4v) is 2.21. The summed E-state index contributed by atoms with van der Waals surface area (Å²) in [7, 11) is 0. The van der Waals surface area contributed by atoms with Crippen LogP contribution in [0.25, 0.3) is 0 Å². The second-order valence-electron chi connectivity index (χ2n) is 5.77. The third-order valence-electron chi connectivity index (χ3n) is 3.22. The molecule has 1 saturated carbocycles. The van der Waals surface area contributed by atoms with Crippen molar-refractivity contribution < 1.29 is 19.0 Å². The topological polar surface area (TPSA) is 44.8 Å². The largest absolute Gasteiger partial charge is 0.464 e. The van der Waals surface area contributed by atoms with E-state index in [0.29, 0.717) is 12.5 Å². The van der Waals surface area contributed by atoms with E-state index < -0.39 is 6.10 Å². The van der Waals surface area contributed by atoms with Gasteiger partial charge < -0.3 is 14.2 Å². The van der Waals surface area contributed by atoms with Gasteiger partial charge in [-0.25, -0.2) is 4.79 Å². The summed E-state index contributed by atoms with van der Waals surface area (Å²) in [5, 5.41) is 0. The highest BCUT2D eigenvalue weighted by Crippen LogP contribution is 2.22. The molecule has 0 bridgehead atoms. The standard InChI is InChI=1S/C15H28O4/c1-11(2)10-17-15(16)12(3)18-13(4)19-14-8-6-5-7-9-14/h11-14H,5-10H2,1-4H3/t12?,13-/m0/s1. The van der Waals surface area contributed by atoms with Crippen molar-refractivity contribution in [3.8, 4) is 0 Å². The first-order valence-corrected chi connectivity index (χ1v) is 7.46. The zero-order chi connectivity index (χ0) is 14.3. The highest BCUT2D eigenvalue weighted by atomic mass is 16.7. The van der Waals surface area contributed by atoms with Crippen molar-refractivity contribution in [2.75, 3.05) is 6.61 Å². The molecule has 0 radical (unpaired) electrons. The predicted octanol–water partition coefficient (Wildman–Crippen LogP) is 3.29. The van der Waals surface area contributed by atoms with Gasteiger partial charge in [0.25, 0.3) is 0 Å². The summed E-state index contributed by atoms with van der Waals surface area (Å²) in [6.07, 6.45) is 5.30. The smallest absolute Gasteiger partial charge is 0.335 e. The van der Waals surface area contributed by atoms with Gasteiger partial charge in [-0.15, -0.1) is 0 Å². The average molecular weight is 272 g/mol. The van der Waals surface area contributed by atoms with E-state index in [1.165, 1.54) is 19.3 Å². The van der Waals surface area contributed by atoms with Gasteiger partial charge in [-0.2, -0.15) is 0 Å². The molecule has 0 spiro atoms. The van der Waals surface area contributed by atoms with Crippen LogP contribution in [0, 0.1) is 5.92 Å². The Labute approximate surface area is 116 Å². The fourth-order valence-electron chi connectivity index (χ4n) is 2.21. The van der Waals surface area contributed by atoms with E-state index in [1.807, 2.05) is 20.8 Å². The van der Waals surface area contributed by atoms with Crippen LogP contribution in [0.3, 0.4) is 0 Å². The van der Waals surface area contributed by atoms with Crippen molar-refractivity contribution in [2.24, 2.45) is 5.92 Å². The Kier molecular flexibility index (Phi) is 7.39. The summed E-state index contributed by atoms with van der Waals surface area (Å²) in [5.74, 6) is 0.0276. The molecule has 1 aliphatic carbocycles. The zero-order valence-electron chi connectivity index (χ0n) is 12.7. The Morgan fingerprint density at radius 3 is 2.32 bits per heavy atom. The molecule has 0 N–H and O–H groups in total. The van der Waals surface area contributed by atoms with Gasteiger partial charge in [-0.1, -0.05) is 33.1 Å². The first-order valence-electron chi connectivity index (χ1n) is 7.46. The van der Waals surface area contributed by atoms with Crippen LogP contribution in [0.1, 0.15) is 59.8 Å². The zero-order valence-corrected chi connectivity index (χ0v) is 12.7. The third-order valence-corrected chi connectivity index (χ3v) is 3.22. The Morgan fingerprint density at radius 2 is 1.74 bits per heavy atom. The Balaban J connectivity index is 2.22. The van der Waals surface area contributed by atoms with Gasteiger partial charge in [0.15, 0.2) is 12.4 Å². The molecular formula is C15H28O4. The van der Waals surface area contributed by atoms with Gasteiger partial charge in [-0.05, 0) is 32.6 Å². The molecule has 1 fully saturated rings. The maximum Gasteiger partial charge on any atom is 0.335 e. The lowest BCUT2D eigenvalue weighted by molar-refractivity contribution is -0.201. The van der Waals surface area contributed by atoms with Gasteiger partial charge in [0.2, 0.25) is 0 Å². The van der Waals surface area contributed by atoms with Crippen LogP contribution < -0.4 is 0 Å². The lowest BCUT2D eigenvalue weighted by Crippen LogP contribution is -2.32. The van der Waals surface area contributed by atoms with Crippen molar-refractivity contribution >= 4 is 5.97 Å². The number of esters is 1. The highest BCUT2D eigenvalue weighted by molar-refractivity contribution is 5.74. The van der Waals surface area contributed by atoms with Crippen LogP contribution in [0.5, 0.6) is 0 Å². The summed E-state index contributed by atoms with van der Waals surface area (Å²) >= 11 is 0. The SMILES string of the molecule is CC(C)COC(=O)C(C)O[C@H](C)OC1CCCCC1. The number of carbonyl (C=O) groups is 1. The van der Waals surface area contributed by atoms with E-state index in [1.54, 1.807) is 6.92 Å². The van der Waals surface area contributed by atoms with Crippen LogP contribution in [-0.2, 0) is 19.0 Å². The minimum atomic E-state index is -0.572. The predicted molar refractivity (Wildman–Crippen MR) is 73.8 cm³/mol. The van der Waals surface area contributed by atoms with Crippen molar-refractivity contribution in [3.05, 3.63) is 0 Å². The maximum atomic E-state index is 11.7. The van der Waals surface area contributed by atoms with Gasteiger partial charge in [0.05, 0.1) is 12.7 Å². The molecule has 2 atom stereocenters. The minimum absolute atomic E-state index is 0.280. The van der Waals surface area contributed by atoms with Crippen LogP contribution >= 0.6 is 0 Å². The van der Waals surface area contributed by atoms with Crippen LogP contribution in [0.15, 0.2) is 0 Å². The minimum Gasteiger partial charge on any atom is -0.464 e. The molecule has 0 amide bonds. The highest BCUT2D eigenvalue weighted by Gasteiger charge is 2.22. The molecular weight excluding hydrogens is 244 g/mol. The van der Waals surface area contributed by atoms with E-state index in [9.17, 15) is 4.79 Å². The van der Waals surface area contributed by atoms with Gasteiger partial charge in [0.1, 0.15) is 0 Å². The number of hydrogen-bond acceptors (Lipinski definition) is 4. The van der Waals surface area contributed by atoms with E-state index >= 15 is 0 Å². The Bertz CT molecular complexity index is 259. The van der Waals surface area contributed by atoms with Crippen molar-refractivity contribution in [1.29, 1.82) is 0 Å². The lowest BCUT2D eigenvalue weighted by Gasteiger charge is -2.27. The van der Waals surface area contributed by atoms with Gasteiger partial charge in [-0.3, -0.25) is 0 Å². The first kappa shape index (κ1) is 16.4. The van der Waals surface area contributed by atoms with Gasteiger partial charge in [0, 0.05) is 0 Å². The quantitative estimate of drug-likeness (QED) is 0.527. The van der Waals surface area contributed by atoms with Gasteiger partial charge >= 0.3 is 5.97 Å². The first-order chi connectivity index (χ1) is 8.99. The molecule has 4 nitrogen and oxygen atoms in total. The summed E-state index contributed by atoms with van der Waals surface area (Å²) in [5.41, 5.74) is 0. The van der Waals surface area contributed by atoms with Crippen LogP contribution in [0.2, 0.25) is 0 Å². The molecule has 0 aromatic heterocycles. The Morgan fingerprint density at radius 1 is 1.11 bits per heavy atom. The van der Waals surface area contributed by atoms with E-state index in [2.05, 4.69) is 0 Å². The molecule has 0 aliphatic heterocycles. The molecule has 1 unspecified atom stereocenters. The van der Waals surface area contributed by atoms with Crippen molar-refractivity contribution in [3.63, 3.8) is 0 Å². The summed E-state index contributed by atoms with van der Waals surface area (Å²) < 4.78 is 16.5.